The molecule has 0 unspecified atom stereocenters. The Morgan fingerprint density at radius 1 is 0.284 bits per heavy atom. The van der Waals surface area contributed by atoms with E-state index in [0.717, 1.165) is 0 Å². The lowest BCUT2D eigenvalue weighted by molar-refractivity contribution is 0.398. The summed E-state index contributed by atoms with van der Waals surface area (Å²) in [5.41, 5.74) is 17.6. The summed E-state index contributed by atoms with van der Waals surface area (Å²) in [5.74, 6) is 0. The molecule has 2 aliphatic carbocycles. The van der Waals surface area contributed by atoms with E-state index in [2.05, 4.69) is 181 Å². The molecule has 0 bridgehead atoms. The van der Waals surface area contributed by atoms with Crippen LogP contribution in [0.2, 0.25) is 0 Å². The van der Waals surface area contributed by atoms with Crippen LogP contribution in [0.4, 0.5) is 0 Å². The molecule has 0 heterocycles. The fourth-order valence-electron chi connectivity index (χ4n) is 14.1. The molecule has 9 rings (SSSR count). The molecule has 0 radical (unpaired) electrons. The van der Waals surface area contributed by atoms with Gasteiger partial charge < -0.3 is 0 Å². The third-order valence-electron chi connectivity index (χ3n) is 18.0. The summed E-state index contributed by atoms with van der Waals surface area (Å²) in [5, 5.41) is 5.54. The quantitative estimate of drug-likeness (QED) is 0.0394. The van der Waals surface area contributed by atoms with Crippen molar-refractivity contribution in [2.24, 2.45) is 0 Å². The van der Waals surface area contributed by atoms with Gasteiger partial charge in [-0.1, -0.05) is 299 Å². The standard InChI is InChI=1S/C72H88Br2/c1-5-9-13-17-21-29-45-71(46-30-22-18-14-10-6-2)65-49-55(73)41-43-61(65)69-59-35-27-25-33-57(59)63(51-67(69)71)53-37-39-54(40-38-53)64-52-68-70(60-36-28-26-34-58(60)64)62-44-42-56(74)50-66(62)72(68,47-31-23-19-15-11-7-3)48-32-24-20-16-12-8-4/h25-28,33-44,49-52H,5-24,29-32,45-48H2,1-4H3. The second kappa shape index (κ2) is 26.4. The first kappa shape index (κ1) is 54.8. The summed E-state index contributed by atoms with van der Waals surface area (Å²) in [4.78, 5) is 0. The number of benzene rings is 7. The minimum absolute atomic E-state index is 0.00328. The van der Waals surface area contributed by atoms with Crippen molar-refractivity contribution in [2.45, 2.75) is 218 Å². The van der Waals surface area contributed by atoms with E-state index < -0.39 is 0 Å². The van der Waals surface area contributed by atoms with Gasteiger partial charge in [0, 0.05) is 19.8 Å². The third kappa shape index (κ3) is 11.6. The molecule has 0 aliphatic heterocycles. The molecule has 0 N–H and O–H groups in total. The van der Waals surface area contributed by atoms with Crippen molar-refractivity contribution in [1.82, 2.24) is 0 Å². The smallest absolute Gasteiger partial charge is 0.0216 e. The molecule has 0 aromatic heterocycles. The second-order valence-electron chi connectivity index (χ2n) is 23.0. The first-order chi connectivity index (χ1) is 36.4. The van der Waals surface area contributed by atoms with Gasteiger partial charge in [0.05, 0.1) is 0 Å². The highest BCUT2D eigenvalue weighted by atomic mass is 79.9. The Kier molecular flexibility index (Phi) is 19.5. The van der Waals surface area contributed by atoms with Crippen LogP contribution in [0.5, 0.6) is 0 Å². The van der Waals surface area contributed by atoms with Crippen LogP contribution >= 0.6 is 31.9 Å². The molecular weight excluding hydrogens is 1020 g/mol. The van der Waals surface area contributed by atoms with Crippen LogP contribution in [0.15, 0.2) is 130 Å². The molecule has 0 fully saturated rings. The fraction of sp³-hybridized carbons (Fsp3) is 0.472. The molecular formula is C72H88Br2. The Morgan fingerprint density at radius 3 is 0.905 bits per heavy atom. The zero-order valence-electron chi connectivity index (χ0n) is 46.1. The van der Waals surface area contributed by atoms with Crippen LogP contribution in [0, 0.1) is 0 Å². The maximum Gasteiger partial charge on any atom is 0.0216 e. The first-order valence-electron chi connectivity index (χ1n) is 30.2. The number of halogens is 2. The maximum absolute atomic E-state index is 4.00. The average Bonchev–Trinajstić information content (AvgIpc) is 3.85. The Balaban J connectivity index is 1.14. The van der Waals surface area contributed by atoms with Gasteiger partial charge in [0.2, 0.25) is 0 Å². The van der Waals surface area contributed by atoms with Gasteiger partial charge in [-0.15, -0.1) is 0 Å². The topological polar surface area (TPSA) is 0 Å². The van der Waals surface area contributed by atoms with Crippen LogP contribution in [0.25, 0.3) is 66.1 Å². The van der Waals surface area contributed by atoms with Gasteiger partial charge in [0.1, 0.15) is 0 Å². The van der Waals surface area contributed by atoms with Crippen molar-refractivity contribution in [1.29, 1.82) is 0 Å². The predicted molar refractivity (Wildman–Crippen MR) is 332 cm³/mol. The van der Waals surface area contributed by atoms with Crippen molar-refractivity contribution in [3.05, 3.63) is 153 Å². The van der Waals surface area contributed by atoms with Crippen LogP contribution in [0.3, 0.4) is 0 Å². The molecule has 0 atom stereocenters. The van der Waals surface area contributed by atoms with Crippen molar-refractivity contribution in [2.75, 3.05) is 0 Å². The van der Waals surface area contributed by atoms with Crippen LogP contribution < -0.4 is 0 Å². The summed E-state index contributed by atoms with van der Waals surface area (Å²) >= 11 is 7.99. The lowest BCUT2D eigenvalue weighted by atomic mass is 9.69. The number of unbranched alkanes of at least 4 members (excludes halogenated alkanes) is 20. The fourth-order valence-corrected chi connectivity index (χ4v) is 14.8. The van der Waals surface area contributed by atoms with Gasteiger partial charge in [0.25, 0.3) is 0 Å². The summed E-state index contributed by atoms with van der Waals surface area (Å²) in [6.07, 6.45) is 36.6. The van der Waals surface area contributed by atoms with E-state index in [1.165, 1.54) is 255 Å². The molecule has 390 valence electrons. The van der Waals surface area contributed by atoms with E-state index in [0.29, 0.717) is 0 Å². The highest BCUT2D eigenvalue weighted by molar-refractivity contribution is 9.10. The molecule has 0 amide bonds. The van der Waals surface area contributed by atoms with E-state index in [1.807, 2.05) is 0 Å². The zero-order valence-corrected chi connectivity index (χ0v) is 49.3. The SMILES string of the molecule is CCCCCCCCC1(CCCCCCCC)c2cc(Br)ccc2-c2c1cc(-c1ccc(-c3cc4c(c5ccccc35)-c3ccc(Br)cc3C4(CCCCCCCC)CCCCCCCC)cc1)c1ccccc21. The largest absolute Gasteiger partial charge is 0.0654 e. The van der Waals surface area contributed by atoms with E-state index in [1.54, 1.807) is 22.3 Å². The summed E-state index contributed by atoms with van der Waals surface area (Å²) in [6, 6.07) is 48.5. The highest BCUT2D eigenvalue weighted by Gasteiger charge is 2.45. The Bertz CT molecular complexity index is 2700. The van der Waals surface area contributed by atoms with Gasteiger partial charge in [-0.25, -0.2) is 0 Å². The highest BCUT2D eigenvalue weighted by Crippen LogP contribution is 2.60. The van der Waals surface area contributed by atoms with Gasteiger partial charge in [-0.2, -0.15) is 0 Å². The van der Waals surface area contributed by atoms with E-state index in [-0.39, 0.29) is 10.8 Å². The van der Waals surface area contributed by atoms with Crippen LogP contribution in [-0.2, 0) is 10.8 Å². The van der Waals surface area contributed by atoms with E-state index >= 15 is 0 Å². The Labute approximate surface area is 465 Å². The van der Waals surface area contributed by atoms with Crippen molar-refractivity contribution in [3.8, 4) is 44.5 Å². The molecule has 2 aliphatic rings. The Hall–Kier alpha value is -3.98. The summed E-state index contributed by atoms with van der Waals surface area (Å²) in [6.45, 7) is 9.34. The molecule has 2 heteroatoms. The second-order valence-corrected chi connectivity index (χ2v) is 24.8. The predicted octanol–water partition coefficient (Wildman–Crippen LogP) is 24.4. The normalized spacial score (nSPS) is 13.9. The molecule has 0 nitrogen and oxygen atoms in total. The molecule has 0 spiro atoms. The monoisotopic (exact) mass is 1110 g/mol. The van der Waals surface area contributed by atoms with Crippen molar-refractivity contribution in [3.63, 3.8) is 0 Å². The molecule has 7 aromatic rings. The lowest BCUT2D eigenvalue weighted by Gasteiger charge is -2.34. The van der Waals surface area contributed by atoms with Gasteiger partial charge in [-0.3, -0.25) is 0 Å². The first-order valence-corrected chi connectivity index (χ1v) is 31.8. The Morgan fingerprint density at radius 2 is 0.581 bits per heavy atom. The van der Waals surface area contributed by atoms with Crippen LogP contribution in [-0.4, -0.2) is 0 Å². The van der Waals surface area contributed by atoms with Crippen molar-refractivity contribution >= 4 is 53.4 Å². The minimum atomic E-state index is -0.00328. The van der Waals surface area contributed by atoms with E-state index in [9.17, 15) is 0 Å². The lowest BCUT2D eigenvalue weighted by Crippen LogP contribution is -2.25. The molecule has 74 heavy (non-hydrogen) atoms. The summed E-state index contributed by atoms with van der Waals surface area (Å²) < 4.78 is 2.41. The number of hydrogen-bond acceptors (Lipinski definition) is 0. The molecule has 0 saturated carbocycles. The number of rotatable bonds is 30. The van der Waals surface area contributed by atoms with Gasteiger partial charge in [-0.05, 0) is 150 Å². The minimum Gasteiger partial charge on any atom is -0.0654 e. The summed E-state index contributed by atoms with van der Waals surface area (Å²) in [7, 11) is 0. The number of fused-ring (bicyclic) bond motifs is 10. The van der Waals surface area contributed by atoms with Crippen molar-refractivity contribution < 1.29 is 0 Å². The molecule has 0 saturated heterocycles. The van der Waals surface area contributed by atoms with Gasteiger partial charge in [0.15, 0.2) is 0 Å². The maximum atomic E-state index is 4.00. The third-order valence-corrected chi connectivity index (χ3v) is 19.0. The number of hydrogen-bond donors (Lipinski definition) is 0. The molecule has 7 aromatic carbocycles. The van der Waals surface area contributed by atoms with Gasteiger partial charge >= 0.3 is 0 Å². The average molecular weight is 1110 g/mol. The zero-order chi connectivity index (χ0) is 51.3. The van der Waals surface area contributed by atoms with E-state index in [4.69, 9.17) is 0 Å². The van der Waals surface area contributed by atoms with Crippen LogP contribution in [0.1, 0.15) is 230 Å².